The fraction of sp³-hybridized carbons (Fsp3) is 0.379. The summed E-state index contributed by atoms with van der Waals surface area (Å²) in [6.07, 6.45) is -0.246. The molecule has 0 aromatic heterocycles. The average molecular weight is 1230 g/mol. The van der Waals surface area contributed by atoms with Crippen LogP contribution in [0.5, 0.6) is 34.5 Å². The SMILES string of the molecule is COc1ccc(OCC2CN(C(=S)SSC(=S)N3CCOC(COc4ccc(OC)cc4)C3)CCO2)cc1.S=C(SSC(=S)N1CCOC(COc2cccc3ccccc23)C1)N1CCOC(COc2cccc3ccccc23)C1. The lowest BCUT2D eigenvalue weighted by atomic mass is 10.1. The monoisotopic (exact) mass is 1230 g/mol. The minimum Gasteiger partial charge on any atom is -0.497 e. The minimum absolute atomic E-state index is 0.0602. The molecule has 424 valence electrons. The highest BCUT2D eigenvalue weighted by Crippen LogP contribution is 2.33. The van der Waals surface area contributed by atoms with Gasteiger partial charge in [-0.05, 0) is 115 Å². The predicted octanol–water partition coefficient (Wildman–Crippen LogP) is 11.3. The molecular formula is C58H64N4O10S8. The highest BCUT2D eigenvalue weighted by atomic mass is 33.1. The van der Waals surface area contributed by atoms with Crippen LogP contribution in [0.1, 0.15) is 0 Å². The van der Waals surface area contributed by atoms with Gasteiger partial charge in [0.05, 0.1) is 40.6 Å². The lowest BCUT2D eigenvalue weighted by molar-refractivity contribution is -0.0273. The van der Waals surface area contributed by atoms with Gasteiger partial charge in [-0.2, -0.15) is 0 Å². The van der Waals surface area contributed by atoms with Crippen molar-refractivity contribution in [2.24, 2.45) is 0 Å². The third-order valence-electron chi connectivity index (χ3n) is 13.3. The van der Waals surface area contributed by atoms with Crippen molar-refractivity contribution in [1.29, 1.82) is 0 Å². The van der Waals surface area contributed by atoms with Crippen molar-refractivity contribution in [3.8, 4) is 34.5 Å². The van der Waals surface area contributed by atoms with E-state index < -0.39 is 0 Å². The summed E-state index contributed by atoms with van der Waals surface area (Å²) < 4.78 is 61.5. The third-order valence-corrected chi connectivity index (χ3v) is 20.8. The lowest BCUT2D eigenvalue weighted by Gasteiger charge is -2.35. The largest absolute Gasteiger partial charge is 0.497 e. The van der Waals surface area contributed by atoms with Crippen LogP contribution in [0.3, 0.4) is 0 Å². The summed E-state index contributed by atoms with van der Waals surface area (Å²) in [5.41, 5.74) is 0. The summed E-state index contributed by atoms with van der Waals surface area (Å²) in [7, 11) is 9.40. The molecule has 0 saturated carbocycles. The van der Waals surface area contributed by atoms with Crippen molar-refractivity contribution in [2.45, 2.75) is 24.4 Å². The van der Waals surface area contributed by atoms with Crippen LogP contribution in [0, 0.1) is 0 Å². The van der Waals surface area contributed by atoms with Crippen LogP contribution in [0.4, 0.5) is 0 Å². The van der Waals surface area contributed by atoms with Gasteiger partial charge < -0.3 is 67.0 Å². The molecule has 4 fully saturated rings. The van der Waals surface area contributed by atoms with Crippen LogP contribution in [0.15, 0.2) is 133 Å². The van der Waals surface area contributed by atoms with Gasteiger partial charge in [0, 0.05) is 63.1 Å². The first-order valence-electron chi connectivity index (χ1n) is 26.2. The first-order valence-corrected chi connectivity index (χ1v) is 32.2. The highest BCUT2D eigenvalue weighted by molar-refractivity contribution is 8.90. The van der Waals surface area contributed by atoms with Gasteiger partial charge in [0.2, 0.25) is 0 Å². The van der Waals surface area contributed by atoms with Crippen molar-refractivity contribution in [2.75, 3.05) is 119 Å². The van der Waals surface area contributed by atoms with Gasteiger partial charge in [-0.1, -0.05) is 122 Å². The number of ether oxygens (including phenoxy) is 10. The Bertz CT molecular complexity index is 2780. The molecule has 4 saturated heterocycles. The molecule has 6 aromatic carbocycles. The van der Waals surface area contributed by atoms with E-state index in [1.165, 1.54) is 43.2 Å². The Morgan fingerprint density at radius 2 is 0.675 bits per heavy atom. The van der Waals surface area contributed by atoms with Crippen molar-refractivity contribution >= 4 is 131 Å². The topological polar surface area (TPSA) is 105 Å². The Kier molecular flexibility index (Phi) is 23.4. The van der Waals surface area contributed by atoms with Gasteiger partial charge in [-0.3, -0.25) is 0 Å². The number of fused-ring (bicyclic) bond motifs is 2. The molecule has 0 radical (unpaired) electrons. The first-order chi connectivity index (χ1) is 39.2. The molecule has 0 bridgehead atoms. The highest BCUT2D eigenvalue weighted by Gasteiger charge is 2.29. The second-order valence-electron chi connectivity index (χ2n) is 18.7. The summed E-state index contributed by atoms with van der Waals surface area (Å²) in [6.45, 7) is 10.0. The summed E-state index contributed by atoms with van der Waals surface area (Å²) in [5.74, 6) is 4.90. The molecule has 4 heterocycles. The molecule has 0 spiro atoms. The fourth-order valence-electron chi connectivity index (χ4n) is 9.03. The van der Waals surface area contributed by atoms with E-state index in [2.05, 4.69) is 56.0 Å². The molecule has 10 rings (SSSR count). The maximum Gasteiger partial charge on any atom is 0.147 e. The molecule has 14 nitrogen and oxygen atoms in total. The van der Waals surface area contributed by atoms with E-state index in [4.69, 9.17) is 96.2 Å². The van der Waals surface area contributed by atoms with Crippen molar-refractivity contribution in [3.05, 3.63) is 133 Å². The zero-order valence-corrected chi connectivity index (χ0v) is 51.0. The zero-order valence-electron chi connectivity index (χ0n) is 44.5. The Morgan fingerprint density at radius 1 is 0.388 bits per heavy atom. The predicted molar refractivity (Wildman–Crippen MR) is 342 cm³/mol. The number of hydrogen-bond acceptors (Lipinski definition) is 18. The van der Waals surface area contributed by atoms with Crippen LogP contribution in [-0.4, -0.2) is 181 Å². The van der Waals surface area contributed by atoms with Gasteiger partial charge in [0.1, 0.15) is 103 Å². The van der Waals surface area contributed by atoms with E-state index in [0.29, 0.717) is 79.0 Å². The molecule has 80 heavy (non-hydrogen) atoms. The minimum atomic E-state index is -0.0629. The summed E-state index contributed by atoms with van der Waals surface area (Å²) in [6, 6.07) is 43.8. The molecule has 0 N–H and O–H groups in total. The Hall–Kier alpha value is -4.56. The van der Waals surface area contributed by atoms with Gasteiger partial charge in [0.15, 0.2) is 0 Å². The van der Waals surface area contributed by atoms with Crippen molar-refractivity contribution in [1.82, 2.24) is 19.6 Å². The van der Waals surface area contributed by atoms with E-state index in [-0.39, 0.29) is 24.4 Å². The van der Waals surface area contributed by atoms with Gasteiger partial charge in [0.25, 0.3) is 0 Å². The van der Waals surface area contributed by atoms with E-state index in [1.807, 2.05) is 97.1 Å². The molecule has 4 aliphatic heterocycles. The summed E-state index contributed by atoms with van der Waals surface area (Å²) in [5, 5.41) is 4.54. The van der Waals surface area contributed by atoms with Crippen LogP contribution in [0.2, 0.25) is 0 Å². The van der Waals surface area contributed by atoms with E-state index in [9.17, 15) is 0 Å². The molecule has 0 amide bonds. The number of morpholine rings is 4. The number of methoxy groups -OCH3 is 2. The lowest BCUT2D eigenvalue weighted by Crippen LogP contribution is -2.47. The molecule has 6 aromatic rings. The number of rotatable bonds is 14. The van der Waals surface area contributed by atoms with Crippen LogP contribution in [0.25, 0.3) is 21.5 Å². The fourth-order valence-corrected chi connectivity index (χ4v) is 14.4. The molecule has 4 atom stereocenters. The quantitative estimate of drug-likeness (QED) is 0.0762. The van der Waals surface area contributed by atoms with Crippen molar-refractivity contribution < 1.29 is 47.4 Å². The molecule has 0 aliphatic carbocycles. The van der Waals surface area contributed by atoms with Crippen LogP contribution < -0.4 is 28.4 Å². The van der Waals surface area contributed by atoms with Gasteiger partial charge in [-0.15, -0.1) is 0 Å². The van der Waals surface area contributed by atoms with Gasteiger partial charge in [-0.25, -0.2) is 0 Å². The maximum absolute atomic E-state index is 6.19. The van der Waals surface area contributed by atoms with E-state index >= 15 is 0 Å². The van der Waals surface area contributed by atoms with E-state index in [0.717, 1.165) is 99.5 Å². The summed E-state index contributed by atoms with van der Waals surface area (Å²) >= 11 is 23.0. The average Bonchev–Trinajstić information content (AvgIpc) is 3.52. The molecule has 4 aliphatic rings. The molecule has 22 heteroatoms. The number of thiocarbonyl (C=S) groups is 4. The van der Waals surface area contributed by atoms with Crippen LogP contribution >= 0.6 is 92.0 Å². The molecule has 4 unspecified atom stereocenters. The second kappa shape index (κ2) is 31.2. The third kappa shape index (κ3) is 17.7. The standard InChI is InChI=1S/C32H32N2O4S4.C26H32N2O6S4/c39-31(33-15-17-35-25(19-33)21-37-29-13-5-9-23-7-1-3-11-27(23)29)41-42-32(40)34-16-18-36-26(20-34)22-38-30-14-6-10-24-8-2-4-12-28(24)30;1-29-19-3-7-21(8-4-19)33-17-23-15-27(11-13-31-23)25(35)37-38-26(36)28-12-14-32-24(16-28)18-34-22-9-5-20(30-2)6-10-22/h1-14,25-26H,15-22H2;3-10,23-24H,11-18H2,1-2H3. The van der Waals surface area contributed by atoms with Gasteiger partial charge >= 0.3 is 0 Å². The second-order valence-corrected chi connectivity index (χ2v) is 25.5. The number of nitrogens with zero attached hydrogens (tertiary/aromatic N) is 4. The van der Waals surface area contributed by atoms with Crippen LogP contribution in [-0.2, 0) is 18.9 Å². The smallest absolute Gasteiger partial charge is 0.147 e. The van der Waals surface area contributed by atoms with Crippen molar-refractivity contribution in [3.63, 3.8) is 0 Å². The first kappa shape index (κ1) is 60.0. The normalized spacial score (nSPS) is 19.3. The number of hydrogen-bond donors (Lipinski definition) is 0. The number of benzene rings is 6. The Morgan fingerprint density at radius 3 is 1.00 bits per heavy atom. The Balaban J connectivity index is 0.000000195. The summed E-state index contributed by atoms with van der Waals surface area (Å²) in [4.78, 5) is 8.70. The Labute approximate surface area is 505 Å². The van der Waals surface area contributed by atoms with E-state index in [1.54, 1.807) is 14.2 Å². The maximum atomic E-state index is 6.19. The molecular weight excluding hydrogens is 1170 g/mol. The zero-order chi connectivity index (χ0) is 55.5.